The van der Waals surface area contributed by atoms with Gasteiger partial charge in [0.2, 0.25) is 0 Å². The van der Waals surface area contributed by atoms with Crippen LogP contribution >= 0.6 is 15.9 Å². The van der Waals surface area contributed by atoms with Crippen LogP contribution < -0.4 is 10.1 Å². The van der Waals surface area contributed by atoms with Crippen molar-refractivity contribution in [2.24, 2.45) is 0 Å². The molecule has 0 unspecified atom stereocenters. The molecule has 1 amide bonds. The highest BCUT2D eigenvalue weighted by atomic mass is 79.9. The van der Waals surface area contributed by atoms with E-state index in [2.05, 4.69) is 21.2 Å². The number of nitro groups is 1. The molecule has 6 nitrogen and oxygen atoms in total. The number of carbonyl (C=O) groups excluding carboxylic acids is 1. The summed E-state index contributed by atoms with van der Waals surface area (Å²) in [4.78, 5) is 22.9. The maximum atomic E-state index is 12.4. The summed E-state index contributed by atoms with van der Waals surface area (Å²) in [6.45, 7) is 0.516. The summed E-state index contributed by atoms with van der Waals surface area (Å²) in [5.74, 6) is 0.410. The molecule has 0 saturated carbocycles. The maximum Gasteiger partial charge on any atom is 0.284 e. The number of rotatable bonds is 3. The van der Waals surface area contributed by atoms with Gasteiger partial charge in [0.25, 0.3) is 11.6 Å². The fourth-order valence-electron chi connectivity index (χ4n) is 2.53. The number of hydrogen-bond acceptors (Lipinski definition) is 4. The van der Waals surface area contributed by atoms with Gasteiger partial charge in [0.1, 0.15) is 5.75 Å². The summed E-state index contributed by atoms with van der Waals surface area (Å²) in [7, 11) is 0. The predicted octanol–water partition coefficient (Wildman–Crippen LogP) is 3.61. The van der Waals surface area contributed by atoms with Crippen molar-refractivity contribution in [1.82, 2.24) is 5.32 Å². The highest BCUT2D eigenvalue weighted by Crippen LogP contribution is 2.32. The van der Waals surface area contributed by atoms with Gasteiger partial charge in [-0.1, -0.05) is 18.2 Å². The number of amides is 1. The number of para-hydroxylation sites is 1. The molecule has 0 aromatic heterocycles. The van der Waals surface area contributed by atoms with Crippen LogP contribution in [-0.2, 0) is 0 Å². The van der Waals surface area contributed by atoms with E-state index in [9.17, 15) is 14.9 Å². The predicted molar refractivity (Wildman–Crippen MR) is 87.6 cm³/mol. The maximum absolute atomic E-state index is 12.4. The zero-order chi connectivity index (χ0) is 16.4. The number of benzene rings is 2. The van der Waals surface area contributed by atoms with Crippen LogP contribution in [0.3, 0.4) is 0 Å². The van der Waals surface area contributed by atoms with E-state index < -0.39 is 4.92 Å². The van der Waals surface area contributed by atoms with Gasteiger partial charge >= 0.3 is 0 Å². The lowest BCUT2D eigenvalue weighted by Gasteiger charge is -2.26. The van der Waals surface area contributed by atoms with Crippen molar-refractivity contribution in [2.75, 3.05) is 6.61 Å². The Morgan fingerprint density at radius 2 is 2.09 bits per heavy atom. The minimum absolute atomic E-state index is 0.134. The van der Waals surface area contributed by atoms with E-state index >= 15 is 0 Å². The van der Waals surface area contributed by atoms with Crippen LogP contribution in [0.25, 0.3) is 0 Å². The third-order valence-electron chi connectivity index (χ3n) is 3.67. The second-order valence-electron chi connectivity index (χ2n) is 5.12. The zero-order valence-electron chi connectivity index (χ0n) is 12.0. The largest absolute Gasteiger partial charge is 0.493 e. The molecule has 0 saturated heterocycles. The Labute approximate surface area is 140 Å². The first-order valence-corrected chi connectivity index (χ1v) is 7.82. The minimum Gasteiger partial charge on any atom is -0.493 e. The number of nitro benzene ring substituents is 1. The van der Waals surface area contributed by atoms with Gasteiger partial charge in [0, 0.05) is 23.6 Å². The average molecular weight is 377 g/mol. The van der Waals surface area contributed by atoms with Crippen molar-refractivity contribution in [3.05, 3.63) is 68.2 Å². The summed E-state index contributed by atoms with van der Waals surface area (Å²) in [6.07, 6.45) is 0.654. The number of carbonyl (C=O) groups is 1. The van der Waals surface area contributed by atoms with Gasteiger partial charge in [-0.25, -0.2) is 0 Å². The third-order valence-corrected chi connectivity index (χ3v) is 4.34. The van der Waals surface area contributed by atoms with E-state index in [0.29, 0.717) is 17.5 Å². The lowest BCUT2D eigenvalue weighted by atomic mass is 10.00. The number of hydrogen-bond donors (Lipinski definition) is 1. The molecule has 23 heavy (non-hydrogen) atoms. The molecule has 7 heteroatoms. The quantitative estimate of drug-likeness (QED) is 0.655. The Balaban J connectivity index is 1.83. The molecule has 0 aliphatic carbocycles. The fourth-order valence-corrected chi connectivity index (χ4v) is 2.92. The van der Waals surface area contributed by atoms with E-state index in [1.54, 1.807) is 6.07 Å². The number of nitrogens with zero attached hydrogens (tertiary/aromatic N) is 1. The van der Waals surface area contributed by atoms with Crippen molar-refractivity contribution < 1.29 is 14.5 Å². The van der Waals surface area contributed by atoms with Crippen LogP contribution in [0.5, 0.6) is 5.75 Å². The SMILES string of the molecule is O=C(N[C@H]1CCOc2ccccc21)c1ccc(Br)c([N+](=O)[O-])c1. The third kappa shape index (κ3) is 3.19. The molecule has 1 atom stereocenters. The highest BCUT2D eigenvalue weighted by molar-refractivity contribution is 9.10. The molecule has 1 N–H and O–H groups in total. The van der Waals surface area contributed by atoms with Crippen molar-refractivity contribution in [1.29, 1.82) is 0 Å². The van der Waals surface area contributed by atoms with Crippen molar-refractivity contribution in [3.63, 3.8) is 0 Å². The second kappa shape index (κ2) is 6.37. The Morgan fingerprint density at radius 3 is 2.87 bits per heavy atom. The molecule has 2 aromatic rings. The zero-order valence-corrected chi connectivity index (χ0v) is 13.6. The van der Waals surface area contributed by atoms with Crippen LogP contribution in [0.15, 0.2) is 46.9 Å². The molecule has 0 fully saturated rings. The standard InChI is InChI=1S/C16H13BrN2O4/c17-12-6-5-10(9-14(12)19(21)22)16(20)18-13-7-8-23-15-4-2-1-3-11(13)15/h1-6,9,13H,7-8H2,(H,18,20)/t13-/m0/s1. The number of halogens is 1. The fraction of sp³-hybridized carbons (Fsp3) is 0.188. The summed E-state index contributed by atoms with van der Waals surface area (Å²) in [5, 5.41) is 13.9. The van der Waals surface area contributed by atoms with Crippen molar-refractivity contribution in [3.8, 4) is 5.75 Å². The summed E-state index contributed by atoms with van der Waals surface area (Å²) in [5.41, 5.74) is 1.03. The van der Waals surface area contributed by atoms with Crippen molar-refractivity contribution in [2.45, 2.75) is 12.5 Å². The van der Waals surface area contributed by atoms with E-state index in [4.69, 9.17) is 4.74 Å². The number of ether oxygens (including phenoxy) is 1. The van der Waals surface area contributed by atoms with Gasteiger partial charge in [-0.2, -0.15) is 0 Å². The summed E-state index contributed by atoms with van der Waals surface area (Å²) in [6, 6.07) is 11.7. The normalized spacial score (nSPS) is 16.1. The minimum atomic E-state index is -0.523. The first kappa shape index (κ1) is 15.5. The van der Waals surface area contributed by atoms with Gasteiger partial charge < -0.3 is 10.1 Å². The lowest BCUT2D eigenvalue weighted by Crippen LogP contribution is -2.32. The van der Waals surface area contributed by atoms with Crippen LogP contribution in [0.2, 0.25) is 0 Å². The average Bonchev–Trinajstić information content (AvgIpc) is 2.55. The smallest absolute Gasteiger partial charge is 0.284 e. The molecular formula is C16H13BrN2O4. The molecule has 3 rings (SSSR count). The lowest BCUT2D eigenvalue weighted by molar-refractivity contribution is -0.385. The molecule has 2 aromatic carbocycles. The Morgan fingerprint density at radius 1 is 1.30 bits per heavy atom. The molecular weight excluding hydrogens is 364 g/mol. The van der Waals surface area contributed by atoms with Gasteiger partial charge in [-0.3, -0.25) is 14.9 Å². The molecule has 118 valence electrons. The van der Waals surface area contributed by atoms with Crippen LogP contribution in [0.1, 0.15) is 28.4 Å². The topological polar surface area (TPSA) is 81.5 Å². The van der Waals surface area contributed by atoms with Crippen LogP contribution in [-0.4, -0.2) is 17.4 Å². The van der Waals surface area contributed by atoms with Gasteiger partial charge in [0.15, 0.2) is 0 Å². The molecule has 1 heterocycles. The Kier molecular flexibility index (Phi) is 4.29. The van der Waals surface area contributed by atoms with Crippen LogP contribution in [0, 0.1) is 10.1 Å². The summed E-state index contributed by atoms with van der Waals surface area (Å²) >= 11 is 3.11. The molecule has 0 radical (unpaired) electrons. The molecule has 0 spiro atoms. The highest BCUT2D eigenvalue weighted by Gasteiger charge is 2.24. The van der Waals surface area contributed by atoms with E-state index in [-0.39, 0.29) is 23.2 Å². The van der Waals surface area contributed by atoms with Crippen molar-refractivity contribution >= 4 is 27.5 Å². The van der Waals surface area contributed by atoms with Crippen LogP contribution in [0.4, 0.5) is 5.69 Å². The first-order valence-electron chi connectivity index (χ1n) is 7.03. The second-order valence-corrected chi connectivity index (χ2v) is 5.98. The summed E-state index contributed by atoms with van der Waals surface area (Å²) < 4.78 is 5.90. The van der Waals surface area contributed by atoms with Gasteiger partial charge in [-0.15, -0.1) is 0 Å². The van der Waals surface area contributed by atoms with E-state index in [0.717, 1.165) is 11.3 Å². The molecule has 1 aliphatic rings. The molecule has 0 bridgehead atoms. The van der Waals surface area contributed by atoms with Gasteiger partial charge in [0.05, 0.1) is 22.0 Å². The van der Waals surface area contributed by atoms with Gasteiger partial charge in [-0.05, 0) is 34.1 Å². The number of fused-ring (bicyclic) bond motifs is 1. The Hall–Kier alpha value is -2.41. The van der Waals surface area contributed by atoms with E-state index in [1.807, 2.05) is 24.3 Å². The monoisotopic (exact) mass is 376 g/mol. The first-order chi connectivity index (χ1) is 11.1. The molecule has 1 aliphatic heterocycles. The Bertz CT molecular complexity index is 778. The van der Waals surface area contributed by atoms with E-state index in [1.165, 1.54) is 12.1 Å². The number of nitrogens with one attached hydrogen (secondary N) is 1.